The summed E-state index contributed by atoms with van der Waals surface area (Å²) in [6.07, 6.45) is 1.59. The largest absolute Gasteiger partial charge is 0.325 e. The van der Waals surface area contributed by atoms with Crippen LogP contribution in [0.25, 0.3) is 10.9 Å². The Balaban J connectivity index is 1.83. The summed E-state index contributed by atoms with van der Waals surface area (Å²) in [5.74, 6) is -0.639. The van der Waals surface area contributed by atoms with Crippen molar-refractivity contribution in [1.82, 2.24) is 9.55 Å². The van der Waals surface area contributed by atoms with Crippen LogP contribution in [0.15, 0.2) is 65.1 Å². The van der Waals surface area contributed by atoms with Crippen LogP contribution in [0.4, 0.5) is 10.1 Å². The zero-order chi connectivity index (χ0) is 19.4. The Morgan fingerprint density at radius 2 is 2.04 bits per heavy atom. The third kappa shape index (κ3) is 4.56. The van der Waals surface area contributed by atoms with E-state index in [1.807, 2.05) is 0 Å². The number of nitrogens with one attached hydrogen (secondary N) is 1. The highest BCUT2D eigenvalue weighted by Gasteiger charge is 2.13. The summed E-state index contributed by atoms with van der Waals surface area (Å²) >= 11 is 7.12. The fraction of sp³-hybridized carbons (Fsp3) is 0.105. The number of aromatic nitrogens is 2. The number of benzene rings is 2. The lowest BCUT2D eigenvalue weighted by Crippen LogP contribution is -2.23. The first-order valence-corrected chi connectivity index (χ1v) is 9.33. The average molecular weight is 404 g/mol. The summed E-state index contributed by atoms with van der Waals surface area (Å²) in [4.78, 5) is 29.3. The zero-order valence-corrected chi connectivity index (χ0v) is 15.7. The molecule has 5 nitrogen and oxygen atoms in total. The summed E-state index contributed by atoms with van der Waals surface area (Å²) in [6.45, 7) is 3.93. The van der Waals surface area contributed by atoms with Crippen molar-refractivity contribution in [2.24, 2.45) is 0 Å². The Bertz CT molecular complexity index is 1070. The lowest BCUT2D eigenvalue weighted by Gasteiger charge is -2.11. The van der Waals surface area contributed by atoms with Crippen molar-refractivity contribution in [1.29, 1.82) is 0 Å². The molecule has 0 spiro atoms. The number of amides is 1. The van der Waals surface area contributed by atoms with Crippen LogP contribution in [0, 0.1) is 5.82 Å². The van der Waals surface area contributed by atoms with Crippen LogP contribution in [0.3, 0.4) is 0 Å². The van der Waals surface area contributed by atoms with E-state index >= 15 is 0 Å². The van der Waals surface area contributed by atoms with E-state index in [0.717, 1.165) is 11.8 Å². The van der Waals surface area contributed by atoms with Gasteiger partial charge < -0.3 is 5.32 Å². The molecule has 27 heavy (non-hydrogen) atoms. The van der Waals surface area contributed by atoms with Gasteiger partial charge in [0.05, 0.1) is 16.7 Å². The summed E-state index contributed by atoms with van der Waals surface area (Å²) in [6, 6.07) is 10.3. The van der Waals surface area contributed by atoms with Crippen molar-refractivity contribution in [3.63, 3.8) is 0 Å². The molecule has 0 fully saturated rings. The second-order valence-corrected chi connectivity index (χ2v) is 6.98. The number of fused-ring (bicyclic) bond motifs is 1. The molecular weight excluding hydrogens is 389 g/mol. The molecule has 8 heteroatoms. The molecule has 0 radical (unpaired) electrons. The maximum Gasteiger partial charge on any atom is 0.262 e. The molecular formula is C19H15ClFN3O2S. The first-order valence-electron chi connectivity index (χ1n) is 7.97. The molecule has 1 N–H and O–H groups in total. The van der Waals surface area contributed by atoms with Gasteiger partial charge in [0.15, 0.2) is 5.16 Å². The van der Waals surface area contributed by atoms with E-state index < -0.39 is 0 Å². The third-order valence-electron chi connectivity index (χ3n) is 3.65. The van der Waals surface area contributed by atoms with Gasteiger partial charge in [-0.25, -0.2) is 9.37 Å². The predicted octanol–water partition coefficient (Wildman–Crippen LogP) is 4.11. The van der Waals surface area contributed by atoms with Gasteiger partial charge in [0, 0.05) is 17.3 Å². The van der Waals surface area contributed by atoms with Gasteiger partial charge in [0.2, 0.25) is 5.91 Å². The van der Waals surface area contributed by atoms with Crippen LogP contribution in [0.2, 0.25) is 5.02 Å². The van der Waals surface area contributed by atoms with Crippen LogP contribution in [0.5, 0.6) is 0 Å². The van der Waals surface area contributed by atoms with Crippen molar-refractivity contribution in [2.45, 2.75) is 11.7 Å². The molecule has 0 aliphatic carbocycles. The van der Waals surface area contributed by atoms with Crippen LogP contribution in [-0.2, 0) is 11.3 Å². The van der Waals surface area contributed by atoms with Gasteiger partial charge in [-0.2, -0.15) is 0 Å². The fourth-order valence-electron chi connectivity index (χ4n) is 2.43. The monoisotopic (exact) mass is 403 g/mol. The Labute approximate surface area is 163 Å². The molecule has 1 amide bonds. The smallest absolute Gasteiger partial charge is 0.262 e. The van der Waals surface area contributed by atoms with Gasteiger partial charge in [0.25, 0.3) is 5.56 Å². The van der Waals surface area contributed by atoms with Crippen LogP contribution >= 0.6 is 23.4 Å². The number of thioether (sulfide) groups is 1. The van der Waals surface area contributed by atoms with E-state index in [9.17, 15) is 14.0 Å². The van der Waals surface area contributed by atoms with Crippen molar-refractivity contribution >= 4 is 45.9 Å². The average Bonchev–Trinajstić information content (AvgIpc) is 2.64. The van der Waals surface area contributed by atoms with Crippen molar-refractivity contribution < 1.29 is 9.18 Å². The van der Waals surface area contributed by atoms with Crippen molar-refractivity contribution in [3.05, 3.63) is 76.3 Å². The van der Waals surface area contributed by atoms with E-state index in [0.29, 0.717) is 26.8 Å². The van der Waals surface area contributed by atoms with Crippen LogP contribution < -0.4 is 10.9 Å². The van der Waals surface area contributed by atoms with Crippen LogP contribution in [-0.4, -0.2) is 21.2 Å². The molecule has 2 aromatic carbocycles. The minimum absolute atomic E-state index is 0.0348. The standard InChI is InChI=1S/C19H15ClFN3O2S/c1-2-9-24-18(26)15-8-3-12(20)10-16(15)23-19(24)27-11-17(25)22-14-6-4-13(21)5-7-14/h2-8,10H,1,9,11H2,(H,22,25). The first kappa shape index (κ1) is 19.1. The SMILES string of the molecule is C=CCn1c(SCC(=O)Nc2ccc(F)cc2)nc2cc(Cl)ccc2c1=O. The van der Waals surface area contributed by atoms with Gasteiger partial charge in [-0.15, -0.1) is 6.58 Å². The fourth-order valence-corrected chi connectivity index (χ4v) is 3.41. The minimum Gasteiger partial charge on any atom is -0.325 e. The topological polar surface area (TPSA) is 64.0 Å². The van der Waals surface area contributed by atoms with Gasteiger partial charge in [-0.3, -0.25) is 14.2 Å². The Hall–Kier alpha value is -2.64. The molecule has 1 aromatic heterocycles. The number of rotatable bonds is 6. The summed E-state index contributed by atoms with van der Waals surface area (Å²) < 4.78 is 14.4. The van der Waals surface area contributed by atoms with E-state index in [1.165, 1.54) is 28.8 Å². The number of hydrogen-bond acceptors (Lipinski definition) is 4. The van der Waals surface area contributed by atoms with E-state index in [-0.39, 0.29) is 29.6 Å². The molecule has 0 atom stereocenters. The summed E-state index contributed by atoms with van der Waals surface area (Å²) in [5.41, 5.74) is 0.732. The second kappa shape index (κ2) is 8.37. The number of carbonyl (C=O) groups excluding carboxylic acids is 1. The number of halogens is 2. The van der Waals surface area contributed by atoms with E-state index in [1.54, 1.807) is 24.3 Å². The summed E-state index contributed by atoms with van der Waals surface area (Å²) in [7, 11) is 0. The van der Waals surface area contributed by atoms with E-state index in [4.69, 9.17) is 11.6 Å². The Morgan fingerprint density at radius 3 is 2.74 bits per heavy atom. The number of carbonyl (C=O) groups is 1. The maximum atomic E-state index is 12.9. The number of hydrogen-bond donors (Lipinski definition) is 1. The lowest BCUT2D eigenvalue weighted by atomic mass is 10.2. The highest BCUT2D eigenvalue weighted by atomic mass is 35.5. The first-order chi connectivity index (χ1) is 13.0. The molecule has 0 saturated heterocycles. The Kier molecular flexibility index (Phi) is 5.93. The quantitative estimate of drug-likeness (QED) is 0.382. The maximum absolute atomic E-state index is 12.9. The minimum atomic E-state index is -0.380. The normalized spacial score (nSPS) is 10.7. The Morgan fingerprint density at radius 1 is 1.30 bits per heavy atom. The van der Waals surface area contributed by atoms with Crippen molar-refractivity contribution in [2.75, 3.05) is 11.1 Å². The molecule has 1 heterocycles. The van der Waals surface area contributed by atoms with Gasteiger partial charge in [-0.1, -0.05) is 29.4 Å². The van der Waals surface area contributed by atoms with Gasteiger partial charge in [0.1, 0.15) is 5.82 Å². The molecule has 3 aromatic rings. The second-order valence-electron chi connectivity index (χ2n) is 5.60. The molecule has 0 saturated carbocycles. The molecule has 0 aliphatic rings. The van der Waals surface area contributed by atoms with Gasteiger partial charge >= 0.3 is 0 Å². The molecule has 0 aliphatic heterocycles. The molecule has 0 bridgehead atoms. The highest BCUT2D eigenvalue weighted by molar-refractivity contribution is 7.99. The lowest BCUT2D eigenvalue weighted by molar-refractivity contribution is -0.113. The predicted molar refractivity (Wildman–Crippen MR) is 107 cm³/mol. The molecule has 3 rings (SSSR count). The molecule has 138 valence electrons. The third-order valence-corrected chi connectivity index (χ3v) is 4.87. The van der Waals surface area contributed by atoms with Crippen molar-refractivity contribution in [3.8, 4) is 0 Å². The summed E-state index contributed by atoms with van der Waals surface area (Å²) in [5, 5.41) is 3.98. The number of anilines is 1. The van der Waals surface area contributed by atoms with Gasteiger partial charge in [-0.05, 0) is 42.5 Å². The number of nitrogens with zero attached hydrogens (tertiary/aromatic N) is 2. The van der Waals surface area contributed by atoms with E-state index in [2.05, 4.69) is 16.9 Å². The zero-order valence-electron chi connectivity index (χ0n) is 14.1. The molecule has 0 unspecified atom stereocenters. The number of allylic oxidation sites excluding steroid dienone is 1. The highest BCUT2D eigenvalue weighted by Crippen LogP contribution is 2.21. The van der Waals surface area contributed by atoms with Crippen LogP contribution in [0.1, 0.15) is 0 Å².